The molecule has 1 aliphatic heterocycles. The van der Waals surface area contributed by atoms with Gasteiger partial charge in [-0.05, 0) is 19.3 Å². The Bertz CT molecular complexity index is 670. The summed E-state index contributed by atoms with van der Waals surface area (Å²) in [7, 11) is 0. The summed E-state index contributed by atoms with van der Waals surface area (Å²) in [6.45, 7) is 4.31. The lowest BCUT2D eigenvalue weighted by Gasteiger charge is -2.27. The van der Waals surface area contributed by atoms with Crippen LogP contribution in [-0.4, -0.2) is 45.4 Å². The molecule has 0 aliphatic carbocycles. The molecular weight excluding hydrogens is 280 g/mol. The van der Waals surface area contributed by atoms with Gasteiger partial charge in [0.2, 0.25) is 0 Å². The van der Waals surface area contributed by atoms with Crippen LogP contribution in [0.1, 0.15) is 31.9 Å². The molecule has 0 amide bonds. The lowest BCUT2D eigenvalue weighted by atomic mass is 10.2. The van der Waals surface area contributed by atoms with Crippen LogP contribution in [0.2, 0.25) is 0 Å². The molecular formula is C15H20N6O. The van der Waals surface area contributed by atoms with Crippen LogP contribution in [0.3, 0.4) is 0 Å². The predicted octanol–water partition coefficient (Wildman–Crippen LogP) is 1.59. The summed E-state index contributed by atoms with van der Waals surface area (Å²) < 4.78 is 7.49. The number of hydrogen-bond donors (Lipinski definition) is 0. The van der Waals surface area contributed by atoms with E-state index in [0.29, 0.717) is 18.7 Å². The Morgan fingerprint density at radius 1 is 1.55 bits per heavy atom. The van der Waals surface area contributed by atoms with Crippen LogP contribution < -0.4 is 4.90 Å². The number of aromatic nitrogens is 4. The second-order valence-corrected chi connectivity index (χ2v) is 5.42. The SMILES string of the molecule is CCc1cc(N(CCC#N)CC2CCCO2)n2ncnc2n1. The zero-order valence-electron chi connectivity index (χ0n) is 12.8. The van der Waals surface area contributed by atoms with Gasteiger partial charge < -0.3 is 9.64 Å². The second kappa shape index (κ2) is 6.71. The fourth-order valence-corrected chi connectivity index (χ4v) is 2.77. The predicted molar refractivity (Wildman–Crippen MR) is 81.6 cm³/mol. The van der Waals surface area contributed by atoms with Gasteiger partial charge in [0.05, 0.1) is 18.6 Å². The van der Waals surface area contributed by atoms with Crippen molar-refractivity contribution in [3.8, 4) is 6.07 Å². The Kier molecular flexibility index (Phi) is 4.49. The zero-order chi connectivity index (χ0) is 15.4. The summed E-state index contributed by atoms with van der Waals surface area (Å²) in [6.07, 6.45) is 5.20. The monoisotopic (exact) mass is 300 g/mol. The molecule has 0 radical (unpaired) electrons. The van der Waals surface area contributed by atoms with E-state index in [2.05, 4.69) is 33.0 Å². The molecule has 0 bridgehead atoms. The van der Waals surface area contributed by atoms with Gasteiger partial charge in [0.25, 0.3) is 5.78 Å². The highest BCUT2D eigenvalue weighted by Crippen LogP contribution is 2.21. The molecule has 0 saturated carbocycles. The van der Waals surface area contributed by atoms with Gasteiger partial charge in [-0.3, -0.25) is 0 Å². The number of nitriles is 1. The summed E-state index contributed by atoms with van der Waals surface area (Å²) in [5.74, 6) is 1.54. The number of anilines is 1. The van der Waals surface area contributed by atoms with Crippen molar-refractivity contribution in [3.63, 3.8) is 0 Å². The standard InChI is InChI=1S/C15H20N6O/c1-2-12-9-14(21-15(19-12)17-11-18-21)20(7-4-6-16)10-13-5-3-8-22-13/h9,11,13H,2-5,7-8,10H2,1H3. The Balaban J connectivity index is 1.94. The van der Waals surface area contributed by atoms with Crippen LogP contribution in [0, 0.1) is 11.3 Å². The Morgan fingerprint density at radius 3 is 3.18 bits per heavy atom. The molecule has 116 valence electrons. The highest BCUT2D eigenvalue weighted by molar-refractivity contribution is 5.47. The molecule has 2 aromatic rings. The van der Waals surface area contributed by atoms with Gasteiger partial charge in [0.15, 0.2) is 0 Å². The maximum Gasteiger partial charge on any atom is 0.254 e. The van der Waals surface area contributed by atoms with E-state index in [4.69, 9.17) is 10.00 Å². The normalized spacial score (nSPS) is 17.7. The van der Waals surface area contributed by atoms with Crippen LogP contribution in [-0.2, 0) is 11.2 Å². The molecule has 0 aromatic carbocycles. The van der Waals surface area contributed by atoms with Crippen LogP contribution in [0.15, 0.2) is 12.4 Å². The molecule has 1 aliphatic rings. The van der Waals surface area contributed by atoms with E-state index in [1.165, 1.54) is 6.33 Å². The van der Waals surface area contributed by atoms with Gasteiger partial charge >= 0.3 is 0 Å². The molecule has 1 atom stereocenters. The van der Waals surface area contributed by atoms with E-state index in [9.17, 15) is 0 Å². The van der Waals surface area contributed by atoms with E-state index >= 15 is 0 Å². The van der Waals surface area contributed by atoms with Gasteiger partial charge in [-0.1, -0.05) is 6.92 Å². The summed E-state index contributed by atoms with van der Waals surface area (Å²) in [5, 5.41) is 13.2. The van der Waals surface area contributed by atoms with Crippen LogP contribution in [0.4, 0.5) is 5.82 Å². The minimum Gasteiger partial charge on any atom is -0.376 e. The first kappa shape index (κ1) is 14.7. The van der Waals surface area contributed by atoms with E-state index < -0.39 is 0 Å². The smallest absolute Gasteiger partial charge is 0.254 e. The topological polar surface area (TPSA) is 79.3 Å². The van der Waals surface area contributed by atoms with Crippen molar-refractivity contribution in [2.24, 2.45) is 0 Å². The average Bonchev–Trinajstić information content (AvgIpc) is 3.21. The van der Waals surface area contributed by atoms with Crippen molar-refractivity contribution < 1.29 is 4.74 Å². The van der Waals surface area contributed by atoms with Crippen LogP contribution in [0.25, 0.3) is 5.78 Å². The molecule has 3 heterocycles. The summed E-state index contributed by atoms with van der Waals surface area (Å²) in [4.78, 5) is 10.8. The minimum atomic E-state index is 0.218. The summed E-state index contributed by atoms with van der Waals surface area (Å²) >= 11 is 0. The number of ether oxygens (including phenoxy) is 1. The zero-order valence-corrected chi connectivity index (χ0v) is 12.8. The van der Waals surface area contributed by atoms with E-state index in [0.717, 1.165) is 43.9 Å². The Hall–Kier alpha value is -2.20. The van der Waals surface area contributed by atoms with Gasteiger partial charge in [-0.2, -0.15) is 19.9 Å². The Morgan fingerprint density at radius 2 is 2.45 bits per heavy atom. The number of rotatable bonds is 6. The van der Waals surface area contributed by atoms with Gasteiger partial charge in [0, 0.05) is 31.5 Å². The maximum atomic E-state index is 8.94. The largest absolute Gasteiger partial charge is 0.376 e. The molecule has 0 N–H and O–H groups in total. The third-order valence-corrected chi connectivity index (χ3v) is 3.91. The van der Waals surface area contributed by atoms with Crippen molar-refractivity contribution in [2.75, 3.05) is 24.6 Å². The second-order valence-electron chi connectivity index (χ2n) is 5.42. The van der Waals surface area contributed by atoms with Crippen molar-refractivity contribution in [3.05, 3.63) is 18.1 Å². The van der Waals surface area contributed by atoms with Crippen LogP contribution in [0.5, 0.6) is 0 Å². The number of aryl methyl sites for hydroxylation is 1. The van der Waals surface area contributed by atoms with Crippen molar-refractivity contribution in [1.82, 2.24) is 19.6 Å². The quantitative estimate of drug-likeness (QED) is 0.806. The molecule has 7 heteroatoms. The molecule has 2 aromatic heterocycles. The van der Waals surface area contributed by atoms with Gasteiger partial charge in [-0.15, -0.1) is 0 Å². The fourth-order valence-electron chi connectivity index (χ4n) is 2.77. The number of hydrogen-bond acceptors (Lipinski definition) is 6. The highest BCUT2D eigenvalue weighted by Gasteiger charge is 2.21. The van der Waals surface area contributed by atoms with E-state index in [1.807, 2.05) is 6.07 Å². The minimum absolute atomic E-state index is 0.218. The maximum absolute atomic E-state index is 8.94. The molecule has 3 rings (SSSR count). The van der Waals surface area contributed by atoms with Crippen molar-refractivity contribution in [1.29, 1.82) is 5.26 Å². The Labute approximate surface area is 129 Å². The van der Waals surface area contributed by atoms with Crippen molar-refractivity contribution >= 4 is 11.6 Å². The number of nitrogens with zero attached hydrogens (tertiary/aromatic N) is 6. The fraction of sp³-hybridized carbons (Fsp3) is 0.600. The number of fused-ring (bicyclic) bond motifs is 1. The van der Waals surface area contributed by atoms with Crippen LogP contribution >= 0.6 is 0 Å². The molecule has 0 spiro atoms. The first-order valence-corrected chi connectivity index (χ1v) is 7.75. The summed E-state index contributed by atoms with van der Waals surface area (Å²) in [5.41, 5.74) is 0.977. The molecule has 1 unspecified atom stereocenters. The first-order valence-electron chi connectivity index (χ1n) is 7.75. The average molecular weight is 300 g/mol. The first-order chi connectivity index (χ1) is 10.8. The lowest BCUT2D eigenvalue weighted by molar-refractivity contribution is 0.115. The van der Waals surface area contributed by atoms with Gasteiger partial charge in [-0.25, -0.2) is 4.98 Å². The van der Waals surface area contributed by atoms with E-state index in [1.54, 1.807) is 4.52 Å². The summed E-state index contributed by atoms with van der Waals surface area (Å²) in [6, 6.07) is 4.26. The molecule has 1 saturated heterocycles. The third kappa shape index (κ3) is 3.02. The van der Waals surface area contributed by atoms with Crippen molar-refractivity contribution in [2.45, 2.75) is 38.7 Å². The lowest BCUT2D eigenvalue weighted by Crippen LogP contribution is -2.34. The molecule has 22 heavy (non-hydrogen) atoms. The molecule has 7 nitrogen and oxygen atoms in total. The van der Waals surface area contributed by atoms with Gasteiger partial charge in [0.1, 0.15) is 12.1 Å². The molecule has 1 fully saturated rings. The highest BCUT2D eigenvalue weighted by atomic mass is 16.5. The third-order valence-electron chi connectivity index (χ3n) is 3.91. The van der Waals surface area contributed by atoms with E-state index in [-0.39, 0.29) is 6.10 Å².